The minimum Gasteiger partial charge on any atom is -0.391 e. The maximum absolute atomic E-state index is 11.8. The molecule has 0 radical (unpaired) electrons. The smallest absolute Gasteiger partial charge is 0.320 e. The van der Waals surface area contributed by atoms with Crippen molar-refractivity contribution < 1.29 is 9.90 Å². The molecule has 1 aliphatic heterocycles. The largest absolute Gasteiger partial charge is 0.391 e. The van der Waals surface area contributed by atoms with Gasteiger partial charge in [-0.1, -0.05) is 13.0 Å². The number of nitrogens with one attached hydrogen (secondary N) is 2. The van der Waals surface area contributed by atoms with Crippen molar-refractivity contribution in [1.82, 2.24) is 20.6 Å². The number of aromatic nitrogens is 2. The van der Waals surface area contributed by atoms with Gasteiger partial charge in [0.05, 0.1) is 24.2 Å². The Morgan fingerprint density at radius 1 is 1.56 bits per heavy atom. The summed E-state index contributed by atoms with van der Waals surface area (Å²) in [6, 6.07) is 1.57. The van der Waals surface area contributed by atoms with Crippen molar-refractivity contribution in [2.24, 2.45) is 10.9 Å². The minimum atomic E-state index is -0.316. The average molecular weight is 357 g/mol. The predicted octanol–water partition coefficient (Wildman–Crippen LogP) is 2.40. The Morgan fingerprint density at radius 2 is 2.40 bits per heavy atom. The third kappa shape index (κ3) is 3.92. The predicted molar refractivity (Wildman–Crippen MR) is 98.0 cm³/mol. The summed E-state index contributed by atoms with van der Waals surface area (Å²) >= 11 is 1.47. The van der Waals surface area contributed by atoms with Crippen LogP contribution < -0.4 is 10.6 Å². The van der Waals surface area contributed by atoms with Gasteiger partial charge in [-0.15, -0.1) is 17.9 Å². The van der Waals surface area contributed by atoms with Gasteiger partial charge in [-0.3, -0.25) is 10.3 Å². The molecule has 7 nitrogen and oxygen atoms in total. The molecule has 3 N–H and O–H groups in total. The first-order chi connectivity index (χ1) is 12.1. The zero-order valence-electron chi connectivity index (χ0n) is 13.8. The zero-order chi connectivity index (χ0) is 17.8. The standard InChI is InChI=1S/C17H19N5O2S/c1-3-4-18-17(24)22-15-10(2)5-13-16(21-15)20-14(7-19-13)11-6-12(8-23)25-9-11/h3,6-7,9-10,23H,1,4-5,8H2,2H3,(H2,18,20,21,22,24). The summed E-state index contributed by atoms with van der Waals surface area (Å²) in [7, 11) is 0. The molecule has 0 saturated carbocycles. The van der Waals surface area contributed by atoms with Crippen LogP contribution in [0.3, 0.4) is 0 Å². The number of carbonyl (C=O) groups excluding carboxylic acids is 1. The lowest BCUT2D eigenvalue weighted by atomic mass is 10.0. The van der Waals surface area contributed by atoms with Gasteiger partial charge in [0, 0.05) is 34.7 Å². The molecular weight excluding hydrogens is 338 g/mol. The van der Waals surface area contributed by atoms with Crippen molar-refractivity contribution in [3.05, 3.63) is 40.9 Å². The summed E-state index contributed by atoms with van der Waals surface area (Å²) < 4.78 is 0. The Morgan fingerprint density at radius 3 is 3.12 bits per heavy atom. The first-order valence-corrected chi connectivity index (χ1v) is 8.77. The Hall–Kier alpha value is -2.58. The van der Waals surface area contributed by atoms with Crippen LogP contribution >= 0.6 is 11.3 Å². The molecule has 0 bridgehead atoms. The van der Waals surface area contributed by atoms with E-state index in [1.54, 1.807) is 12.3 Å². The van der Waals surface area contributed by atoms with Crippen LogP contribution in [0.25, 0.3) is 11.3 Å². The highest BCUT2D eigenvalue weighted by Gasteiger charge is 2.23. The number of hydrogen-bond acceptors (Lipinski definition) is 6. The highest BCUT2D eigenvalue weighted by atomic mass is 32.1. The number of fused-ring (bicyclic) bond motifs is 1. The van der Waals surface area contributed by atoms with E-state index < -0.39 is 0 Å². The third-order valence-electron chi connectivity index (χ3n) is 3.77. The second-order valence-electron chi connectivity index (χ2n) is 5.71. The lowest BCUT2D eigenvalue weighted by Crippen LogP contribution is -2.43. The van der Waals surface area contributed by atoms with Crippen molar-refractivity contribution in [2.75, 3.05) is 6.54 Å². The zero-order valence-corrected chi connectivity index (χ0v) is 14.6. The first-order valence-electron chi connectivity index (χ1n) is 7.89. The van der Waals surface area contributed by atoms with Crippen LogP contribution in [0.5, 0.6) is 0 Å². The molecule has 2 amide bonds. The molecule has 2 aromatic rings. The number of nitrogens with zero attached hydrogens (tertiary/aromatic N) is 3. The Bertz CT molecular complexity index is 830. The Balaban J connectivity index is 1.85. The van der Waals surface area contributed by atoms with E-state index in [2.05, 4.69) is 32.2 Å². The number of amidine groups is 1. The van der Waals surface area contributed by atoms with Gasteiger partial charge in [0.25, 0.3) is 0 Å². The van der Waals surface area contributed by atoms with E-state index in [-0.39, 0.29) is 18.6 Å². The number of aliphatic hydroxyl groups is 1. The molecule has 2 aromatic heterocycles. The van der Waals surface area contributed by atoms with Crippen molar-refractivity contribution in [3.8, 4) is 11.3 Å². The van der Waals surface area contributed by atoms with E-state index in [0.717, 1.165) is 16.1 Å². The summed E-state index contributed by atoms with van der Waals surface area (Å²) in [5, 5.41) is 16.6. The molecule has 1 unspecified atom stereocenters. The van der Waals surface area contributed by atoms with Crippen LogP contribution in [-0.4, -0.2) is 33.5 Å². The maximum Gasteiger partial charge on any atom is 0.320 e. The van der Waals surface area contributed by atoms with Crippen LogP contribution in [0.4, 0.5) is 10.6 Å². The molecule has 0 spiro atoms. The topological polar surface area (TPSA) is 99.5 Å². The van der Waals surface area contributed by atoms with Gasteiger partial charge in [-0.25, -0.2) is 14.8 Å². The van der Waals surface area contributed by atoms with E-state index in [1.807, 2.05) is 18.4 Å². The molecule has 25 heavy (non-hydrogen) atoms. The second kappa shape index (κ2) is 7.54. The van der Waals surface area contributed by atoms with Gasteiger partial charge in [0.2, 0.25) is 0 Å². The fourth-order valence-corrected chi connectivity index (χ4v) is 3.20. The number of amides is 2. The molecule has 0 aromatic carbocycles. The lowest BCUT2D eigenvalue weighted by molar-refractivity contribution is 0.246. The summed E-state index contributed by atoms with van der Waals surface area (Å²) in [4.78, 5) is 26.2. The first kappa shape index (κ1) is 17.2. The highest BCUT2D eigenvalue weighted by molar-refractivity contribution is 7.10. The van der Waals surface area contributed by atoms with E-state index in [1.165, 1.54) is 11.3 Å². The number of urea groups is 1. The van der Waals surface area contributed by atoms with Gasteiger partial charge in [-0.05, 0) is 6.07 Å². The quantitative estimate of drug-likeness (QED) is 0.732. The molecule has 0 saturated heterocycles. The van der Waals surface area contributed by atoms with Crippen LogP contribution in [0.2, 0.25) is 0 Å². The summed E-state index contributed by atoms with van der Waals surface area (Å²) in [6.45, 7) is 5.94. The molecule has 3 rings (SSSR count). The van der Waals surface area contributed by atoms with Crippen molar-refractivity contribution in [2.45, 2.75) is 20.0 Å². The van der Waals surface area contributed by atoms with Crippen molar-refractivity contribution >= 4 is 29.0 Å². The van der Waals surface area contributed by atoms with E-state index in [9.17, 15) is 9.90 Å². The molecule has 3 heterocycles. The van der Waals surface area contributed by atoms with Crippen LogP contribution in [-0.2, 0) is 13.0 Å². The molecule has 130 valence electrons. The molecule has 0 fully saturated rings. The van der Waals surface area contributed by atoms with Crippen LogP contribution in [0, 0.1) is 5.92 Å². The number of hydrogen-bond donors (Lipinski definition) is 3. The fourth-order valence-electron chi connectivity index (χ4n) is 2.46. The van der Waals surface area contributed by atoms with Gasteiger partial charge < -0.3 is 10.4 Å². The molecule has 0 aliphatic carbocycles. The second-order valence-corrected chi connectivity index (χ2v) is 6.71. The molecule has 1 atom stereocenters. The Kier molecular flexibility index (Phi) is 5.20. The van der Waals surface area contributed by atoms with E-state index >= 15 is 0 Å². The van der Waals surface area contributed by atoms with Gasteiger partial charge in [0.15, 0.2) is 5.82 Å². The maximum atomic E-state index is 11.8. The summed E-state index contributed by atoms with van der Waals surface area (Å²) in [6.07, 6.45) is 3.99. The van der Waals surface area contributed by atoms with Crippen molar-refractivity contribution in [1.29, 1.82) is 0 Å². The molecule has 1 aliphatic rings. The monoisotopic (exact) mass is 357 g/mol. The van der Waals surface area contributed by atoms with E-state index in [0.29, 0.717) is 30.3 Å². The highest BCUT2D eigenvalue weighted by Crippen LogP contribution is 2.29. The number of rotatable bonds is 4. The number of carbonyl (C=O) groups is 1. The fraction of sp³-hybridized carbons (Fsp3) is 0.294. The molecule has 8 heteroatoms. The number of thiophene rings is 1. The van der Waals surface area contributed by atoms with E-state index in [4.69, 9.17) is 0 Å². The third-order valence-corrected chi connectivity index (χ3v) is 4.70. The average Bonchev–Trinajstić information content (AvgIpc) is 3.09. The SMILES string of the molecule is C=CCNC(=O)NC1=Nc2nc(-c3csc(CO)c3)cnc2CC1C. The van der Waals surface area contributed by atoms with Gasteiger partial charge in [-0.2, -0.15) is 0 Å². The van der Waals surface area contributed by atoms with Crippen LogP contribution in [0.1, 0.15) is 17.5 Å². The lowest BCUT2D eigenvalue weighted by Gasteiger charge is -2.21. The number of aliphatic hydroxyl groups excluding tert-OH is 1. The van der Waals surface area contributed by atoms with Gasteiger partial charge >= 0.3 is 6.03 Å². The normalized spacial score (nSPS) is 15.9. The van der Waals surface area contributed by atoms with Gasteiger partial charge in [0.1, 0.15) is 5.84 Å². The Labute approximate surface area is 149 Å². The minimum absolute atomic E-state index is 0.00654. The summed E-state index contributed by atoms with van der Waals surface area (Å²) in [5.41, 5.74) is 2.41. The van der Waals surface area contributed by atoms with Crippen LogP contribution in [0.15, 0.2) is 35.3 Å². The van der Waals surface area contributed by atoms with Crippen molar-refractivity contribution in [3.63, 3.8) is 0 Å². The molecular formula is C17H19N5O2S. The number of aliphatic imine (C=N–C) groups is 1. The summed E-state index contributed by atoms with van der Waals surface area (Å²) in [5.74, 6) is 1.14.